The van der Waals surface area contributed by atoms with Crippen LogP contribution in [0.2, 0.25) is 0 Å². The van der Waals surface area contributed by atoms with Crippen LogP contribution in [0.25, 0.3) is 6.08 Å². The second-order valence-electron chi connectivity index (χ2n) is 7.25. The summed E-state index contributed by atoms with van der Waals surface area (Å²) >= 11 is 0. The largest absolute Gasteiger partial charge is 0.353 e. The molecule has 1 aromatic rings. The standard InChI is InChI=1S/C20H28N2O3S/c23-20(21-14-3-7-17-5-1-2-6-17)13-10-18-8-11-19(12-9-18)22-15-4-16-26(22,24)25/h8-13,17H,1-7,14-16H2,(H,21,23)/b13-10+. The Balaban J connectivity index is 1.43. The summed E-state index contributed by atoms with van der Waals surface area (Å²) in [5, 5.41) is 2.93. The highest BCUT2D eigenvalue weighted by atomic mass is 32.2. The van der Waals surface area contributed by atoms with Crippen LogP contribution < -0.4 is 9.62 Å². The maximum atomic E-state index is 11.9. The molecular weight excluding hydrogens is 348 g/mol. The van der Waals surface area contributed by atoms with Gasteiger partial charge in [0, 0.05) is 19.2 Å². The second kappa shape index (κ2) is 8.71. The summed E-state index contributed by atoms with van der Waals surface area (Å²) < 4.78 is 25.3. The van der Waals surface area contributed by atoms with Crippen molar-refractivity contribution in [2.24, 2.45) is 5.92 Å². The van der Waals surface area contributed by atoms with Gasteiger partial charge in [0.05, 0.1) is 11.4 Å². The Labute approximate surface area is 156 Å². The normalized spacial score (nSPS) is 20.1. The van der Waals surface area contributed by atoms with Crippen molar-refractivity contribution in [2.75, 3.05) is 23.1 Å². The van der Waals surface area contributed by atoms with Crippen molar-refractivity contribution >= 4 is 27.7 Å². The zero-order valence-electron chi connectivity index (χ0n) is 15.2. The molecule has 0 spiro atoms. The number of sulfonamides is 1. The molecule has 3 rings (SSSR count). The molecule has 2 fully saturated rings. The molecule has 0 aromatic heterocycles. The van der Waals surface area contributed by atoms with Gasteiger partial charge < -0.3 is 5.32 Å². The molecule has 26 heavy (non-hydrogen) atoms. The van der Waals surface area contributed by atoms with E-state index < -0.39 is 10.0 Å². The first kappa shape index (κ1) is 19.0. The highest BCUT2D eigenvalue weighted by Gasteiger charge is 2.28. The highest BCUT2D eigenvalue weighted by Crippen LogP contribution is 2.28. The van der Waals surface area contributed by atoms with E-state index in [1.54, 1.807) is 18.2 Å². The molecule has 1 aliphatic heterocycles. The number of hydrogen-bond donors (Lipinski definition) is 1. The Morgan fingerprint density at radius 3 is 2.54 bits per heavy atom. The zero-order chi connectivity index (χ0) is 18.4. The molecule has 5 nitrogen and oxygen atoms in total. The molecule has 1 aliphatic carbocycles. The van der Waals surface area contributed by atoms with Crippen LogP contribution in [0.3, 0.4) is 0 Å². The molecule has 1 saturated carbocycles. The number of amides is 1. The average molecular weight is 377 g/mol. The number of hydrogen-bond acceptors (Lipinski definition) is 3. The smallest absolute Gasteiger partial charge is 0.243 e. The van der Waals surface area contributed by atoms with Gasteiger partial charge in [-0.3, -0.25) is 9.10 Å². The monoisotopic (exact) mass is 376 g/mol. The van der Waals surface area contributed by atoms with Gasteiger partial charge in [-0.1, -0.05) is 37.8 Å². The van der Waals surface area contributed by atoms with Crippen LogP contribution in [0.15, 0.2) is 30.3 Å². The van der Waals surface area contributed by atoms with Crippen molar-refractivity contribution in [1.29, 1.82) is 0 Å². The number of nitrogens with one attached hydrogen (secondary N) is 1. The Morgan fingerprint density at radius 1 is 1.15 bits per heavy atom. The molecule has 1 heterocycles. The van der Waals surface area contributed by atoms with Gasteiger partial charge in [-0.25, -0.2) is 8.42 Å². The van der Waals surface area contributed by atoms with Crippen molar-refractivity contribution < 1.29 is 13.2 Å². The first-order chi connectivity index (χ1) is 12.5. The topological polar surface area (TPSA) is 66.5 Å². The van der Waals surface area contributed by atoms with E-state index in [-0.39, 0.29) is 11.7 Å². The van der Waals surface area contributed by atoms with E-state index in [0.29, 0.717) is 18.7 Å². The summed E-state index contributed by atoms with van der Waals surface area (Å²) in [5.41, 5.74) is 1.57. The predicted molar refractivity (Wildman–Crippen MR) is 105 cm³/mol. The number of carbonyl (C=O) groups excluding carboxylic acids is 1. The first-order valence-corrected chi connectivity index (χ1v) is 11.2. The number of rotatable bonds is 7. The van der Waals surface area contributed by atoms with E-state index in [9.17, 15) is 13.2 Å². The van der Waals surface area contributed by atoms with Gasteiger partial charge in [0.25, 0.3) is 0 Å². The van der Waals surface area contributed by atoms with E-state index in [1.165, 1.54) is 42.5 Å². The van der Waals surface area contributed by atoms with Gasteiger partial charge in [0.1, 0.15) is 0 Å². The van der Waals surface area contributed by atoms with Crippen molar-refractivity contribution in [1.82, 2.24) is 5.32 Å². The highest BCUT2D eigenvalue weighted by molar-refractivity contribution is 7.93. The third-order valence-corrected chi connectivity index (χ3v) is 7.14. The van der Waals surface area contributed by atoms with E-state index in [2.05, 4.69) is 5.32 Å². The Bertz CT molecular complexity index is 735. The number of anilines is 1. The molecule has 0 unspecified atom stereocenters. The van der Waals surface area contributed by atoms with Gasteiger partial charge in [0.15, 0.2) is 0 Å². The van der Waals surface area contributed by atoms with Crippen LogP contribution >= 0.6 is 0 Å². The zero-order valence-corrected chi connectivity index (χ0v) is 16.0. The van der Waals surface area contributed by atoms with E-state index >= 15 is 0 Å². The molecule has 2 aliphatic rings. The van der Waals surface area contributed by atoms with E-state index in [1.807, 2.05) is 12.1 Å². The minimum absolute atomic E-state index is 0.0809. The second-order valence-corrected chi connectivity index (χ2v) is 9.26. The SMILES string of the molecule is O=C(/C=C/c1ccc(N2CCCS2(=O)=O)cc1)NCCCC1CCCC1. The van der Waals surface area contributed by atoms with Crippen LogP contribution in [-0.2, 0) is 14.8 Å². The van der Waals surface area contributed by atoms with Gasteiger partial charge in [-0.2, -0.15) is 0 Å². The fraction of sp³-hybridized carbons (Fsp3) is 0.550. The Hall–Kier alpha value is -1.82. The number of carbonyl (C=O) groups is 1. The minimum Gasteiger partial charge on any atom is -0.353 e. The lowest BCUT2D eigenvalue weighted by Crippen LogP contribution is -2.24. The molecule has 0 radical (unpaired) electrons. The number of benzene rings is 1. The fourth-order valence-electron chi connectivity index (χ4n) is 3.81. The number of nitrogens with zero attached hydrogens (tertiary/aromatic N) is 1. The Morgan fingerprint density at radius 2 is 1.88 bits per heavy atom. The van der Waals surface area contributed by atoms with E-state index in [4.69, 9.17) is 0 Å². The van der Waals surface area contributed by atoms with Crippen molar-refractivity contribution in [2.45, 2.75) is 44.9 Å². The predicted octanol–water partition coefficient (Wildman–Crippen LogP) is 3.33. The van der Waals surface area contributed by atoms with Crippen molar-refractivity contribution in [3.8, 4) is 0 Å². The van der Waals surface area contributed by atoms with Crippen LogP contribution in [0, 0.1) is 5.92 Å². The molecule has 0 bridgehead atoms. The van der Waals surface area contributed by atoms with Crippen molar-refractivity contribution in [3.63, 3.8) is 0 Å². The Kier molecular flexibility index (Phi) is 6.35. The van der Waals surface area contributed by atoms with Crippen molar-refractivity contribution in [3.05, 3.63) is 35.9 Å². The maximum Gasteiger partial charge on any atom is 0.243 e. The minimum atomic E-state index is -3.15. The van der Waals surface area contributed by atoms with E-state index in [0.717, 1.165) is 24.4 Å². The molecule has 6 heteroatoms. The quantitative estimate of drug-likeness (QED) is 0.586. The third kappa shape index (κ3) is 5.10. The molecule has 1 N–H and O–H groups in total. The molecular formula is C20H28N2O3S. The molecule has 1 saturated heterocycles. The van der Waals surface area contributed by atoms with Crippen LogP contribution in [-0.4, -0.2) is 33.2 Å². The van der Waals surface area contributed by atoms with Gasteiger partial charge >= 0.3 is 0 Å². The van der Waals surface area contributed by atoms with Crippen LogP contribution in [0.4, 0.5) is 5.69 Å². The molecule has 142 valence electrons. The third-order valence-electron chi connectivity index (χ3n) is 5.27. The van der Waals surface area contributed by atoms with Gasteiger partial charge in [-0.05, 0) is 49.0 Å². The summed E-state index contributed by atoms with van der Waals surface area (Å²) in [6, 6.07) is 7.27. The lowest BCUT2D eigenvalue weighted by Gasteiger charge is -2.16. The van der Waals surface area contributed by atoms with Gasteiger partial charge in [-0.15, -0.1) is 0 Å². The fourth-order valence-corrected chi connectivity index (χ4v) is 5.38. The lowest BCUT2D eigenvalue weighted by atomic mass is 10.0. The average Bonchev–Trinajstić information content (AvgIpc) is 3.26. The van der Waals surface area contributed by atoms with Crippen LogP contribution in [0.1, 0.15) is 50.5 Å². The first-order valence-electron chi connectivity index (χ1n) is 9.61. The molecule has 1 amide bonds. The summed E-state index contributed by atoms with van der Waals surface area (Å²) in [4.78, 5) is 11.9. The summed E-state index contributed by atoms with van der Waals surface area (Å²) in [6.45, 7) is 1.27. The summed E-state index contributed by atoms with van der Waals surface area (Å²) in [6.07, 6.45) is 11.7. The lowest BCUT2D eigenvalue weighted by molar-refractivity contribution is -0.116. The molecule has 1 aromatic carbocycles. The van der Waals surface area contributed by atoms with Gasteiger partial charge in [0.2, 0.25) is 15.9 Å². The molecule has 0 atom stereocenters. The van der Waals surface area contributed by atoms with Crippen LogP contribution in [0.5, 0.6) is 0 Å². The maximum absolute atomic E-state index is 11.9. The summed E-state index contributed by atoms with van der Waals surface area (Å²) in [5.74, 6) is 0.998. The summed E-state index contributed by atoms with van der Waals surface area (Å²) in [7, 11) is -3.15.